The normalized spacial score (nSPS) is 17.5. The number of aryl methyl sites for hydroxylation is 1. The summed E-state index contributed by atoms with van der Waals surface area (Å²) < 4.78 is 0. The molecule has 7 heteroatoms. The number of aromatic nitrogens is 2. The molecule has 1 aromatic heterocycles. The first kappa shape index (κ1) is 19.3. The molecule has 0 saturated carbocycles. The maximum absolute atomic E-state index is 12.5. The van der Waals surface area contributed by atoms with Gasteiger partial charge in [-0.2, -0.15) is 0 Å². The van der Waals surface area contributed by atoms with Crippen LogP contribution in [0.5, 0.6) is 0 Å². The van der Waals surface area contributed by atoms with Crippen molar-refractivity contribution < 1.29 is 9.59 Å². The summed E-state index contributed by atoms with van der Waals surface area (Å²) in [6, 6.07) is 1.73. The molecule has 0 spiro atoms. The van der Waals surface area contributed by atoms with Crippen molar-refractivity contribution in [1.82, 2.24) is 20.2 Å². The fourth-order valence-corrected chi connectivity index (χ4v) is 3.59. The van der Waals surface area contributed by atoms with E-state index in [0.29, 0.717) is 44.4 Å². The predicted molar refractivity (Wildman–Crippen MR) is 105 cm³/mol. The topological polar surface area (TPSA) is 78.4 Å². The van der Waals surface area contributed by atoms with Gasteiger partial charge in [0, 0.05) is 45.3 Å². The molecule has 7 nitrogen and oxygen atoms in total. The molecular formula is C20H29N5O2. The summed E-state index contributed by atoms with van der Waals surface area (Å²) in [7, 11) is 0. The van der Waals surface area contributed by atoms with Gasteiger partial charge in [-0.05, 0) is 45.1 Å². The van der Waals surface area contributed by atoms with Crippen LogP contribution < -0.4 is 10.2 Å². The Morgan fingerprint density at radius 1 is 1.15 bits per heavy atom. The Balaban J connectivity index is 1.58. The van der Waals surface area contributed by atoms with Crippen molar-refractivity contribution in [2.75, 3.05) is 37.6 Å². The lowest BCUT2D eigenvalue weighted by Gasteiger charge is -2.34. The quantitative estimate of drug-likeness (QED) is 0.802. The Hall–Kier alpha value is -2.44. The molecule has 1 saturated heterocycles. The van der Waals surface area contributed by atoms with E-state index in [9.17, 15) is 9.59 Å². The Kier molecular flexibility index (Phi) is 6.42. The molecule has 0 radical (unpaired) electrons. The molecule has 1 aliphatic carbocycles. The third-order valence-corrected chi connectivity index (χ3v) is 5.20. The first-order valence-electron chi connectivity index (χ1n) is 9.85. The van der Waals surface area contributed by atoms with Gasteiger partial charge in [0.15, 0.2) is 0 Å². The van der Waals surface area contributed by atoms with Gasteiger partial charge in [-0.1, -0.05) is 11.6 Å². The highest BCUT2D eigenvalue weighted by Crippen LogP contribution is 2.19. The first-order valence-corrected chi connectivity index (χ1v) is 9.85. The monoisotopic (exact) mass is 371 g/mol. The van der Waals surface area contributed by atoms with Gasteiger partial charge in [0.05, 0.1) is 0 Å². The molecule has 1 fully saturated rings. The zero-order valence-corrected chi connectivity index (χ0v) is 16.3. The Labute approximate surface area is 160 Å². The zero-order chi connectivity index (χ0) is 19.2. The van der Waals surface area contributed by atoms with Gasteiger partial charge in [-0.25, -0.2) is 9.97 Å². The number of nitrogens with one attached hydrogen (secondary N) is 1. The molecule has 27 heavy (non-hydrogen) atoms. The number of hydrogen-bond donors (Lipinski definition) is 1. The van der Waals surface area contributed by atoms with Gasteiger partial charge >= 0.3 is 0 Å². The van der Waals surface area contributed by atoms with Crippen molar-refractivity contribution in [1.29, 1.82) is 0 Å². The van der Waals surface area contributed by atoms with Crippen LogP contribution >= 0.6 is 0 Å². The average Bonchev–Trinajstić information content (AvgIpc) is 2.68. The van der Waals surface area contributed by atoms with Crippen LogP contribution in [0.25, 0.3) is 0 Å². The fraction of sp³-hybridized carbons (Fsp3) is 0.600. The van der Waals surface area contributed by atoms with Crippen LogP contribution in [-0.4, -0.2) is 59.4 Å². The summed E-state index contributed by atoms with van der Waals surface area (Å²) in [4.78, 5) is 36.8. The Morgan fingerprint density at radius 2 is 1.93 bits per heavy atom. The Morgan fingerprint density at radius 3 is 2.59 bits per heavy atom. The smallest absolute Gasteiger partial charge is 0.270 e. The summed E-state index contributed by atoms with van der Waals surface area (Å²) in [6.07, 6.45) is 8.07. The van der Waals surface area contributed by atoms with Crippen LogP contribution in [-0.2, 0) is 4.79 Å². The van der Waals surface area contributed by atoms with E-state index in [1.807, 2.05) is 16.7 Å². The molecule has 1 aliphatic heterocycles. The highest BCUT2D eigenvalue weighted by Gasteiger charge is 2.22. The second kappa shape index (κ2) is 8.97. The lowest BCUT2D eigenvalue weighted by Crippen LogP contribution is -2.48. The van der Waals surface area contributed by atoms with Crippen LogP contribution in [0, 0.1) is 6.92 Å². The minimum absolute atomic E-state index is 0.0907. The lowest BCUT2D eigenvalue weighted by molar-refractivity contribution is -0.129. The molecular weight excluding hydrogens is 342 g/mol. The predicted octanol–water partition coefficient (Wildman–Crippen LogP) is 2.07. The van der Waals surface area contributed by atoms with E-state index in [4.69, 9.17) is 0 Å². The fourth-order valence-electron chi connectivity index (χ4n) is 3.59. The molecule has 2 heterocycles. The van der Waals surface area contributed by atoms with Crippen molar-refractivity contribution in [3.05, 3.63) is 29.1 Å². The number of amides is 2. The van der Waals surface area contributed by atoms with Crippen LogP contribution in [0.1, 0.15) is 55.2 Å². The van der Waals surface area contributed by atoms with Crippen LogP contribution in [0.15, 0.2) is 17.7 Å². The van der Waals surface area contributed by atoms with E-state index in [-0.39, 0.29) is 11.8 Å². The molecule has 0 unspecified atom stereocenters. The third kappa shape index (κ3) is 5.28. The Bertz CT molecular complexity index is 723. The zero-order valence-electron chi connectivity index (χ0n) is 16.3. The van der Waals surface area contributed by atoms with Crippen molar-refractivity contribution in [2.45, 2.75) is 46.0 Å². The lowest BCUT2D eigenvalue weighted by atomic mass is 9.97. The minimum atomic E-state index is -0.152. The third-order valence-electron chi connectivity index (χ3n) is 5.20. The SMILES string of the molecule is CC(=O)N1CCN(c2nc(C)cc(C(=O)NCCC3=CCCCC3)n2)CC1. The molecule has 1 N–H and O–H groups in total. The summed E-state index contributed by atoms with van der Waals surface area (Å²) in [6.45, 7) is 6.77. The van der Waals surface area contributed by atoms with Crippen LogP contribution in [0.4, 0.5) is 5.95 Å². The number of hydrogen-bond acceptors (Lipinski definition) is 5. The van der Waals surface area contributed by atoms with Crippen molar-refractivity contribution in [3.63, 3.8) is 0 Å². The highest BCUT2D eigenvalue weighted by molar-refractivity contribution is 5.92. The molecule has 2 amide bonds. The van der Waals surface area contributed by atoms with Crippen molar-refractivity contribution >= 4 is 17.8 Å². The number of carbonyl (C=O) groups is 2. The van der Waals surface area contributed by atoms with Gasteiger partial charge in [-0.15, -0.1) is 0 Å². The summed E-state index contributed by atoms with van der Waals surface area (Å²) in [5.74, 6) is 0.506. The number of allylic oxidation sites excluding steroid dienone is 1. The minimum Gasteiger partial charge on any atom is -0.350 e. The first-order chi connectivity index (χ1) is 13.0. The van der Waals surface area contributed by atoms with Gasteiger partial charge in [-0.3, -0.25) is 9.59 Å². The number of carbonyl (C=O) groups excluding carboxylic acids is 2. The van der Waals surface area contributed by atoms with E-state index >= 15 is 0 Å². The van der Waals surface area contributed by atoms with Gasteiger partial charge < -0.3 is 15.1 Å². The van der Waals surface area contributed by atoms with Gasteiger partial charge in [0.25, 0.3) is 5.91 Å². The second-order valence-electron chi connectivity index (χ2n) is 7.30. The van der Waals surface area contributed by atoms with Crippen LogP contribution in [0.2, 0.25) is 0 Å². The molecule has 0 atom stereocenters. The molecule has 2 aliphatic rings. The number of piperazine rings is 1. The summed E-state index contributed by atoms with van der Waals surface area (Å²) in [5, 5.41) is 2.98. The second-order valence-corrected chi connectivity index (χ2v) is 7.30. The van der Waals surface area contributed by atoms with E-state index in [1.165, 1.54) is 18.4 Å². The molecule has 0 aromatic carbocycles. The number of anilines is 1. The van der Waals surface area contributed by atoms with E-state index in [2.05, 4.69) is 21.4 Å². The maximum atomic E-state index is 12.5. The van der Waals surface area contributed by atoms with E-state index < -0.39 is 0 Å². The number of rotatable bonds is 5. The molecule has 0 bridgehead atoms. The van der Waals surface area contributed by atoms with E-state index in [0.717, 1.165) is 25.0 Å². The molecule has 3 rings (SSSR count). The molecule has 146 valence electrons. The van der Waals surface area contributed by atoms with E-state index in [1.54, 1.807) is 13.0 Å². The summed E-state index contributed by atoms with van der Waals surface area (Å²) in [5.41, 5.74) is 2.63. The summed E-state index contributed by atoms with van der Waals surface area (Å²) >= 11 is 0. The number of nitrogens with zero attached hydrogens (tertiary/aromatic N) is 4. The van der Waals surface area contributed by atoms with Crippen molar-refractivity contribution in [2.24, 2.45) is 0 Å². The largest absolute Gasteiger partial charge is 0.350 e. The maximum Gasteiger partial charge on any atom is 0.270 e. The van der Waals surface area contributed by atoms with Crippen molar-refractivity contribution in [3.8, 4) is 0 Å². The average molecular weight is 371 g/mol. The van der Waals surface area contributed by atoms with Gasteiger partial charge in [0.2, 0.25) is 11.9 Å². The standard InChI is InChI=1S/C20H29N5O2/c1-15-14-18(19(27)21-9-8-17-6-4-3-5-7-17)23-20(22-15)25-12-10-24(11-13-25)16(2)26/h6,14H,3-5,7-13H2,1-2H3,(H,21,27). The van der Waals surface area contributed by atoms with Crippen LogP contribution in [0.3, 0.4) is 0 Å². The van der Waals surface area contributed by atoms with Gasteiger partial charge in [0.1, 0.15) is 5.69 Å². The molecule has 1 aromatic rings. The highest BCUT2D eigenvalue weighted by atomic mass is 16.2.